The molecule has 0 aliphatic rings. The predicted molar refractivity (Wildman–Crippen MR) is 38.7 cm³/mol. The molecule has 0 aromatic carbocycles. The van der Waals surface area contributed by atoms with Gasteiger partial charge in [-0.25, -0.2) is 0 Å². The summed E-state index contributed by atoms with van der Waals surface area (Å²) >= 11 is 0. The van der Waals surface area contributed by atoms with Crippen LogP contribution in [0.2, 0.25) is 0 Å². The maximum Gasteiger partial charge on any atom is 0.104 e. The SMILES string of the molecule is C[C@H](CO)Cc1ccco1. The van der Waals surface area contributed by atoms with Crippen LogP contribution in [0.25, 0.3) is 0 Å². The first-order valence-corrected chi connectivity index (χ1v) is 3.46. The van der Waals surface area contributed by atoms with Gasteiger partial charge < -0.3 is 9.52 Å². The van der Waals surface area contributed by atoms with Gasteiger partial charge in [0.25, 0.3) is 0 Å². The monoisotopic (exact) mass is 140 g/mol. The van der Waals surface area contributed by atoms with Crippen LogP contribution in [0.5, 0.6) is 0 Å². The zero-order valence-corrected chi connectivity index (χ0v) is 6.08. The standard InChI is InChI=1S/C8H12O2/c1-7(6-9)5-8-3-2-4-10-8/h2-4,7,9H,5-6H2,1H3/t7-/m0/s1. The fourth-order valence-corrected chi connectivity index (χ4v) is 0.837. The molecule has 0 saturated carbocycles. The molecule has 1 N–H and O–H groups in total. The summed E-state index contributed by atoms with van der Waals surface area (Å²) in [5.41, 5.74) is 0. The molecule has 0 aliphatic heterocycles. The van der Waals surface area contributed by atoms with Gasteiger partial charge in [-0.15, -0.1) is 0 Å². The van der Waals surface area contributed by atoms with Gasteiger partial charge in [0.15, 0.2) is 0 Å². The summed E-state index contributed by atoms with van der Waals surface area (Å²) in [5.74, 6) is 1.24. The van der Waals surface area contributed by atoms with Crippen LogP contribution >= 0.6 is 0 Å². The van der Waals surface area contributed by atoms with Crippen LogP contribution in [-0.4, -0.2) is 11.7 Å². The van der Waals surface area contributed by atoms with Crippen LogP contribution in [0, 0.1) is 5.92 Å². The van der Waals surface area contributed by atoms with Crippen LogP contribution in [0.4, 0.5) is 0 Å². The lowest BCUT2D eigenvalue weighted by Gasteiger charge is -2.02. The van der Waals surface area contributed by atoms with E-state index < -0.39 is 0 Å². The molecule has 0 bridgehead atoms. The lowest BCUT2D eigenvalue weighted by atomic mass is 10.1. The summed E-state index contributed by atoms with van der Waals surface area (Å²) in [6, 6.07) is 3.78. The van der Waals surface area contributed by atoms with E-state index >= 15 is 0 Å². The summed E-state index contributed by atoms with van der Waals surface area (Å²) in [4.78, 5) is 0. The second kappa shape index (κ2) is 3.42. The molecule has 2 nitrogen and oxygen atoms in total. The largest absolute Gasteiger partial charge is 0.469 e. The van der Waals surface area contributed by atoms with Crippen LogP contribution in [0.3, 0.4) is 0 Å². The van der Waals surface area contributed by atoms with Crippen molar-refractivity contribution in [2.45, 2.75) is 13.3 Å². The van der Waals surface area contributed by atoms with Crippen molar-refractivity contribution in [2.24, 2.45) is 5.92 Å². The summed E-state index contributed by atoms with van der Waals surface area (Å²) in [6.07, 6.45) is 2.48. The van der Waals surface area contributed by atoms with Crippen LogP contribution < -0.4 is 0 Å². The zero-order valence-electron chi connectivity index (χ0n) is 6.08. The Balaban J connectivity index is 2.40. The van der Waals surface area contributed by atoms with Crippen LogP contribution in [-0.2, 0) is 6.42 Å². The first kappa shape index (κ1) is 7.35. The Hall–Kier alpha value is -0.760. The minimum Gasteiger partial charge on any atom is -0.469 e. The quantitative estimate of drug-likeness (QED) is 0.689. The molecule has 1 rings (SSSR count). The molecule has 0 radical (unpaired) electrons. The van der Waals surface area contributed by atoms with Crippen LogP contribution in [0.1, 0.15) is 12.7 Å². The molecule has 56 valence electrons. The molecule has 0 saturated heterocycles. The topological polar surface area (TPSA) is 33.4 Å². The molecule has 1 heterocycles. The Morgan fingerprint density at radius 1 is 1.70 bits per heavy atom. The number of furan rings is 1. The van der Waals surface area contributed by atoms with Crippen molar-refractivity contribution >= 4 is 0 Å². The Bertz CT molecular complexity index is 167. The van der Waals surface area contributed by atoms with Crippen molar-refractivity contribution in [2.75, 3.05) is 6.61 Å². The lowest BCUT2D eigenvalue weighted by Crippen LogP contribution is -2.03. The van der Waals surface area contributed by atoms with E-state index in [2.05, 4.69) is 0 Å². The van der Waals surface area contributed by atoms with E-state index in [1.165, 1.54) is 0 Å². The van der Waals surface area contributed by atoms with E-state index in [0.717, 1.165) is 12.2 Å². The van der Waals surface area contributed by atoms with Gasteiger partial charge in [-0.2, -0.15) is 0 Å². The Morgan fingerprint density at radius 2 is 2.50 bits per heavy atom. The predicted octanol–water partition coefficient (Wildman–Crippen LogP) is 1.45. The Labute approximate surface area is 60.5 Å². The first-order valence-electron chi connectivity index (χ1n) is 3.46. The molecule has 1 atom stereocenters. The normalized spacial score (nSPS) is 13.4. The molecule has 0 amide bonds. The smallest absolute Gasteiger partial charge is 0.104 e. The van der Waals surface area contributed by atoms with Gasteiger partial charge in [0.2, 0.25) is 0 Å². The third-order valence-electron chi connectivity index (χ3n) is 1.44. The van der Waals surface area contributed by atoms with Gasteiger partial charge in [-0.05, 0) is 18.1 Å². The fraction of sp³-hybridized carbons (Fsp3) is 0.500. The minimum absolute atomic E-state index is 0.223. The van der Waals surface area contributed by atoms with Gasteiger partial charge >= 0.3 is 0 Å². The van der Waals surface area contributed by atoms with E-state index in [0.29, 0.717) is 5.92 Å². The van der Waals surface area contributed by atoms with Gasteiger partial charge in [0, 0.05) is 13.0 Å². The highest BCUT2D eigenvalue weighted by molar-refractivity contribution is 4.98. The number of hydrogen-bond donors (Lipinski definition) is 1. The van der Waals surface area contributed by atoms with Gasteiger partial charge in [-0.3, -0.25) is 0 Å². The third kappa shape index (κ3) is 1.88. The average Bonchev–Trinajstić information content (AvgIpc) is 2.40. The zero-order chi connectivity index (χ0) is 7.40. The van der Waals surface area contributed by atoms with Crippen molar-refractivity contribution in [1.29, 1.82) is 0 Å². The number of aliphatic hydroxyl groups excluding tert-OH is 1. The third-order valence-corrected chi connectivity index (χ3v) is 1.44. The van der Waals surface area contributed by atoms with Gasteiger partial charge in [0.1, 0.15) is 5.76 Å². The summed E-state index contributed by atoms with van der Waals surface area (Å²) in [7, 11) is 0. The Kier molecular flexibility index (Phi) is 2.51. The molecular formula is C8H12O2. The van der Waals surface area contributed by atoms with Gasteiger partial charge in [0.05, 0.1) is 6.26 Å². The molecule has 1 aromatic heterocycles. The fourth-order valence-electron chi connectivity index (χ4n) is 0.837. The molecule has 0 fully saturated rings. The maximum atomic E-state index is 8.69. The molecule has 2 heteroatoms. The summed E-state index contributed by atoms with van der Waals surface area (Å²) < 4.78 is 5.09. The molecule has 0 spiro atoms. The lowest BCUT2D eigenvalue weighted by molar-refractivity contribution is 0.231. The summed E-state index contributed by atoms with van der Waals surface area (Å²) in [5, 5.41) is 8.69. The molecule has 10 heavy (non-hydrogen) atoms. The molecule has 0 aliphatic carbocycles. The van der Waals surface area contributed by atoms with E-state index in [9.17, 15) is 0 Å². The minimum atomic E-state index is 0.223. The molecular weight excluding hydrogens is 128 g/mol. The van der Waals surface area contributed by atoms with Gasteiger partial charge in [-0.1, -0.05) is 6.92 Å². The van der Waals surface area contributed by atoms with Crippen molar-refractivity contribution in [3.63, 3.8) is 0 Å². The van der Waals surface area contributed by atoms with Crippen molar-refractivity contribution < 1.29 is 9.52 Å². The highest BCUT2D eigenvalue weighted by Gasteiger charge is 2.02. The first-order chi connectivity index (χ1) is 4.83. The van der Waals surface area contributed by atoms with Crippen molar-refractivity contribution in [1.82, 2.24) is 0 Å². The maximum absolute atomic E-state index is 8.69. The second-order valence-corrected chi connectivity index (χ2v) is 2.57. The van der Waals surface area contributed by atoms with E-state index in [-0.39, 0.29) is 6.61 Å². The van der Waals surface area contributed by atoms with E-state index in [1.807, 2.05) is 19.1 Å². The Morgan fingerprint density at radius 3 is 3.00 bits per heavy atom. The van der Waals surface area contributed by atoms with Crippen molar-refractivity contribution in [3.8, 4) is 0 Å². The van der Waals surface area contributed by atoms with Crippen molar-refractivity contribution in [3.05, 3.63) is 24.2 Å². The molecule has 0 unspecified atom stereocenters. The number of rotatable bonds is 3. The highest BCUT2D eigenvalue weighted by atomic mass is 16.3. The highest BCUT2D eigenvalue weighted by Crippen LogP contribution is 2.07. The molecule has 1 aromatic rings. The summed E-state index contributed by atoms with van der Waals surface area (Å²) in [6.45, 7) is 2.21. The van der Waals surface area contributed by atoms with Crippen LogP contribution in [0.15, 0.2) is 22.8 Å². The van der Waals surface area contributed by atoms with E-state index in [1.54, 1.807) is 6.26 Å². The average molecular weight is 140 g/mol. The number of aliphatic hydroxyl groups is 1. The second-order valence-electron chi connectivity index (χ2n) is 2.57. The van der Waals surface area contributed by atoms with E-state index in [4.69, 9.17) is 9.52 Å². The number of hydrogen-bond acceptors (Lipinski definition) is 2.